The highest BCUT2D eigenvalue weighted by atomic mass is 15.1. The minimum absolute atomic E-state index is 0.408. The van der Waals surface area contributed by atoms with Crippen molar-refractivity contribution >= 4 is 17.1 Å². The highest BCUT2D eigenvalue weighted by Crippen LogP contribution is 2.54. The molecule has 0 radical (unpaired) electrons. The molecule has 0 bridgehead atoms. The van der Waals surface area contributed by atoms with Gasteiger partial charge in [0.25, 0.3) is 0 Å². The molecule has 0 saturated heterocycles. The van der Waals surface area contributed by atoms with Gasteiger partial charge in [0.1, 0.15) is 5.41 Å². The maximum Gasteiger partial charge on any atom is 0.108 e. The Morgan fingerprint density at radius 3 is 1.79 bits per heavy atom. The zero-order valence-corrected chi connectivity index (χ0v) is 28.9. The van der Waals surface area contributed by atoms with Gasteiger partial charge in [0.2, 0.25) is 0 Å². The number of allylic oxidation sites excluding steroid dienone is 4. The Morgan fingerprint density at radius 1 is 0.500 bits per heavy atom. The molecule has 1 heteroatoms. The van der Waals surface area contributed by atoms with E-state index in [9.17, 15) is 0 Å². The first-order valence-electron chi connectivity index (χ1n) is 18.0. The molecule has 52 heavy (non-hydrogen) atoms. The summed E-state index contributed by atoms with van der Waals surface area (Å²) >= 11 is 0. The lowest BCUT2D eigenvalue weighted by Crippen LogP contribution is -2.25. The summed E-state index contributed by atoms with van der Waals surface area (Å²) in [6.45, 7) is 0. The second kappa shape index (κ2) is 13.6. The fourth-order valence-electron chi connectivity index (χ4n) is 7.88. The van der Waals surface area contributed by atoms with Crippen molar-refractivity contribution in [1.29, 1.82) is 0 Å². The topological polar surface area (TPSA) is 3.24 Å². The molecule has 2 unspecified atom stereocenters. The number of fused-ring (bicyclic) bond motifs is 3. The van der Waals surface area contributed by atoms with Gasteiger partial charge in [0.05, 0.1) is 0 Å². The number of para-hydroxylation sites is 2. The quantitative estimate of drug-likeness (QED) is 0.160. The van der Waals surface area contributed by atoms with E-state index in [1.807, 2.05) is 0 Å². The molecule has 0 fully saturated rings. The summed E-state index contributed by atoms with van der Waals surface area (Å²) < 4.78 is 0. The van der Waals surface area contributed by atoms with Crippen LogP contribution in [0.4, 0.5) is 17.1 Å². The Morgan fingerprint density at radius 2 is 1.12 bits per heavy atom. The average Bonchev–Trinajstić information content (AvgIpc) is 3.51. The van der Waals surface area contributed by atoms with Crippen molar-refractivity contribution in [1.82, 2.24) is 0 Å². The van der Waals surface area contributed by atoms with Gasteiger partial charge in [-0.05, 0) is 99.5 Å². The molecule has 9 rings (SSSR count). The van der Waals surface area contributed by atoms with E-state index < -0.39 is 5.41 Å². The van der Waals surface area contributed by atoms with Crippen LogP contribution in [-0.2, 0) is 5.41 Å². The first-order valence-corrected chi connectivity index (χ1v) is 18.0. The molecule has 1 nitrogen and oxygen atoms in total. The number of benzene rings is 7. The monoisotopic (exact) mass is 663 g/mol. The third-order valence-electron chi connectivity index (χ3n) is 10.5. The van der Waals surface area contributed by atoms with Crippen LogP contribution in [0.1, 0.15) is 40.2 Å². The molecule has 0 N–H and O–H groups in total. The van der Waals surface area contributed by atoms with Crippen molar-refractivity contribution in [3.8, 4) is 34.1 Å². The average molecular weight is 664 g/mol. The van der Waals surface area contributed by atoms with E-state index in [0.717, 1.165) is 34.6 Å². The summed E-state index contributed by atoms with van der Waals surface area (Å²) in [5.74, 6) is 8.06. The molecule has 2 atom stereocenters. The lowest BCUT2D eigenvalue weighted by atomic mass is 9.72. The van der Waals surface area contributed by atoms with Crippen LogP contribution < -0.4 is 4.90 Å². The van der Waals surface area contributed by atoms with Crippen LogP contribution in [-0.4, -0.2) is 0 Å². The van der Waals surface area contributed by atoms with Crippen molar-refractivity contribution in [3.63, 3.8) is 0 Å². The Balaban J connectivity index is 1.24. The van der Waals surface area contributed by atoms with Crippen LogP contribution in [0, 0.1) is 11.8 Å². The van der Waals surface area contributed by atoms with Gasteiger partial charge < -0.3 is 4.90 Å². The summed E-state index contributed by atoms with van der Waals surface area (Å²) in [7, 11) is 0. The number of anilines is 3. The summed E-state index contributed by atoms with van der Waals surface area (Å²) in [6, 6.07) is 65.5. The Bertz CT molecular complexity index is 2420. The van der Waals surface area contributed by atoms with E-state index in [1.54, 1.807) is 0 Å². The molecule has 2 aliphatic rings. The maximum atomic E-state index is 3.95. The summed E-state index contributed by atoms with van der Waals surface area (Å²) in [5, 5.41) is 0. The third kappa shape index (κ3) is 5.65. The van der Waals surface area contributed by atoms with E-state index in [2.05, 4.69) is 223 Å². The Labute approximate surface area is 306 Å². The summed E-state index contributed by atoms with van der Waals surface area (Å²) in [4.78, 5) is 2.34. The van der Waals surface area contributed by atoms with Crippen LogP contribution in [0.5, 0.6) is 0 Å². The molecule has 2 aliphatic carbocycles. The maximum absolute atomic E-state index is 3.95. The molecule has 0 spiro atoms. The first-order chi connectivity index (χ1) is 25.8. The van der Waals surface area contributed by atoms with Gasteiger partial charge in [0, 0.05) is 28.5 Å². The fraction of sp³-hybridized carbons (Fsp3) is 0.0588. The molecular formula is C51H37N. The molecule has 246 valence electrons. The van der Waals surface area contributed by atoms with Gasteiger partial charge in [-0.25, -0.2) is 0 Å². The van der Waals surface area contributed by atoms with E-state index in [4.69, 9.17) is 0 Å². The van der Waals surface area contributed by atoms with Gasteiger partial charge in [-0.2, -0.15) is 0 Å². The van der Waals surface area contributed by atoms with Crippen LogP contribution >= 0.6 is 0 Å². The van der Waals surface area contributed by atoms with Gasteiger partial charge >= 0.3 is 0 Å². The summed E-state index contributed by atoms with van der Waals surface area (Å²) in [6.07, 6.45) is 9.83. The second-order valence-electron chi connectivity index (χ2n) is 13.5. The Kier molecular flexibility index (Phi) is 8.20. The third-order valence-corrected chi connectivity index (χ3v) is 10.5. The van der Waals surface area contributed by atoms with Crippen LogP contribution in [0.3, 0.4) is 0 Å². The molecule has 0 heterocycles. The molecule has 7 aromatic rings. The predicted molar refractivity (Wildman–Crippen MR) is 217 cm³/mol. The summed E-state index contributed by atoms with van der Waals surface area (Å²) in [5.41, 5.74) is 13.3. The molecule has 7 aromatic carbocycles. The van der Waals surface area contributed by atoms with Gasteiger partial charge in [-0.1, -0.05) is 170 Å². The van der Waals surface area contributed by atoms with Crippen molar-refractivity contribution < 1.29 is 0 Å². The molecule has 0 saturated carbocycles. The number of hydrogen-bond donors (Lipinski definition) is 0. The zero-order valence-electron chi connectivity index (χ0n) is 28.9. The lowest BCUT2D eigenvalue weighted by Gasteiger charge is -2.30. The number of hydrogen-bond acceptors (Lipinski definition) is 1. The number of rotatable bonds is 6. The standard InChI is InChI=1S/C51H37N/c1-5-15-39(16-6-1)41-27-25-38(26-28-41)35-36-51(43-31-29-42(30-32-43)40-17-7-2-8-18-40)49-24-14-13-23-47(49)48-34-33-46(37-50(48)51)52(44-19-9-3-10-20-44)45-21-11-4-12-22-45/h1-15,17-34,37,39H,16H2. The first kappa shape index (κ1) is 31.4. The van der Waals surface area contributed by atoms with Gasteiger partial charge in [0.15, 0.2) is 0 Å². The van der Waals surface area contributed by atoms with Gasteiger partial charge in [-0.15, -0.1) is 0 Å². The van der Waals surface area contributed by atoms with Crippen molar-refractivity contribution in [2.24, 2.45) is 0 Å². The molecular weight excluding hydrogens is 627 g/mol. The highest BCUT2D eigenvalue weighted by Gasteiger charge is 2.44. The molecule has 0 amide bonds. The van der Waals surface area contributed by atoms with E-state index in [0.29, 0.717) is 5.92 Å². The number of nitrogens with zero attached hydrogens (tertiary/aromatic N) is 1. The normalized spacial score (nSPS) is 16.7. The van der Waals surface area contributed by atoms with Crippen LogP contribution in [0.2, 0.25) is 0 Å². The zero-order chi connectivity index (χ0) is 34.7. The predicted octanol–water partition coefficient (Wildman–Crippen LogP) is 12.8. The van der Waals surface area contributed by atoms with Crippen molar-refractivity contribution in [3.05, 3.63) is 234 Å². The highest BCUT2D eigenvalue weighted by molar-refractivity contribution is 5.89. The smallest absolute Gasteiger partial charge is 0.108 e. The second-order valence-corrected chi connectivity index (χ2v) is 13.5. The van der Waals surface area contributed by atoms with E-state index >= 15 is 0 Å². The minimum atomic E-state index is -0.703. The fourth-order valence-corrected chi connectivity index (χ4v) is 7.88. The van der Waals surface area contributed by atoms with Gasteiger partial charge in [-0.3, -0.25) is 0 Å². The lowest BCUT2D eigenvalue weighted by molar-refractivity contribution is 0.837. The minimum Gasteiger partial charge on any atom is -0.310 e. The van der Waals surface area contributed by atoms with Crippen molar-refractivity contribution in [2.75, 3.05) is 4.90 Å². The van der Waals surface area contributed by atoms with Crippen LogP contribution in [0.25, 0.3) is 22.3 Å². The molecule has 0 aliphatic heterocycles. The van der Waals surface area contributed by atoms with Crippen LogP contribution in [0.15, 0.2) is 206 Å². The van der Waals surface area contributed by atoms with E-state index in [1.165, 1.54) is 38.9 Å². The van der Waals surface area contributed by atoms with Crippen molar-refractivity contribution in [2.45, 2.75) is 17.8 Å². The SMILES string of the molecule is C(#CC1(c2ccc(-c3ccccc3)cc2)c2ccccc2-c2ccc(N(c3ccccc3)c3ccccc3)cc21)c1ccc(C2C=CC=CC2)cc1. The Hall–Kier alpha value is -6.62. The molecule has 0 aromatic heterocycles. The van der Waals surface area contributed by atoms with E-state index in [-0.39, 0.29) is 0 Å². The largest absolute Gasteiger partial charge is 0.310 e.